The zero-order chi connectivity index (χ0) is 20.2. The van der Waals surface area contributed by atoms with Gasteiger partial charge in [0.25, 0.3) is 0 Å². The Morgan fingerprint density at radius 2 is 1.90 bits per heavy atom. The number of amides is 1. The molecule has 1 unspecified atom stereocenters. The maximum Gasteiger partial charge on any atom is 0.239 e. The maximum atomic E-state index is 12.7. The fraction of sp³-hybridized carbons (Fsp3) is 0.571. The van der Waals surface area contributed by atoms with Crippen LogP contribution in [0.15, 0.2) is 35.6 Å². The monoisotopic (exact) mass is 397 g/mol. The molecule has 8 nitrogen and oxygen atoms in total. The average molecular weight is 398 g/mol. The first kappa shape index (κ1) is 19.7. The SMILES string of the molecule is CN=C(NCc1cn2ccccc2n1)N1CCN(C(C)C(=O)N2CCCC2)CC1. The fourth-order valence-electron chi connectivity index (χ4n) is 4.25. The number of aromatic nitrogens is 2. The Bertz CT molecular complexity index is 830. The van der Waals surface area contributed by atoms with Crippen molar-refractivity contribution in [2.45, 2.75) is 32.4 Å². The second kappa shape index (κ2) is 8.82. The molecule has 0 radical (unpaired) electrons. The lowest BCUT2D eigenvalue weighted by Crippen LogP contribution is -2.57. The molecule has 4 rings (SSSR count). The molecule has 4 heterocycles. The number of rotatable bonds is 4. The van der Waals surface area contributed by atoms with Crippen LogP contribution in [0, 0.1) is 0 Å². The standard InChI is InChI=1S/C21H31N7O/c1-17(20(29)26-8-5-6-9-26)25-11-13-27(14-12-25)21(22-2)23-15-18-16-28-10-4-3-7-19(28)24-18/h3-4,7,10,16-17H,5-6,8-9,11-15H2,1-2H3,(H,22,23). The lowest BCUT2D eigenvalue weighted by molar-refractivity contribution is -0.135. The third-order valence-electron chi connectivity index (χ3n) is 5.99. The Balaban J connectivity index is 1.29. The molecule has 1 atom stereocenters. The van der Waals surface area contributed by atoms with E-state index in [1.165, 1.54) is 0 Å². The van der Waals surface area contributed by atoms with Crippen LogP contribution < -0.4 is 5.32 Å². The summed E-state index contributed by atoms with van der Waals surface area (Å²) in [7, 11) is 1.82. The lowest BCUT2D eigenvalue weighted by atomic mass is 10.2. The number of fused-ring (bicyclic) bond motifs is 1. The summed E-state index contributed by atoms with van der Waals surface area (Å²) in [6.07, 6.45) is 6.32. The first-order valence-electron chi connectivity index (χ1n) is 10.6. The van der Waals surface area contributed by atoms with E-state index >= 15 is 0 Å². The van der Waals surface area contributed by atoms with Crippen molar-refractivity contribution in [2.75, 3.05) is 46.3 Å². The number of likely N-dealkylation sites (tertiary alicyclic amines) is 1. The predicted molar refractivity (Wildman–Crippen MR) is 114 cm³/mol. The number of piperazine rings is 1. The van der Waals surface area contributed by atoms with Crippen molar-refractivity contribution in [1.82, 2.24) is 29.4 Å². The van der Waals surface area contributed by atoms with Crippen LogP contribution in [0.4, 0.5) is 0 Å². The van der Waals surface area contributed by atoms with Gasteiger partial charge in [0.1, 0.15) is 5.65 Å². The van der Waals surface area contributed by atoms with E-state index in [1.54, 1.807) is 0 Å². The Morgan fingerprint density at radius 1 is 1.14 bits per heavy atom. The smallest absolute Gasteiger partial charge is 0.239 e. The van der Waals surface area contributed by atoms with Crippen molar-refractivity contribution >= 4 is 17.5 Å². The van der Waals surface area contributed by atoms with Crippen molar-refractivity contribution in [1.29, 1.82) is 0 Å². The molecule has 0 aromatic carbocycles. The van der Waals surface area contributed by atoms with Gasteiger partial charge in [0.2, 0.25) is 5.91 Å². The van der Waals surface area contributed by atoms with Crippen LogP contribution in [0.1, 0.15) is 25.5 Å². The normalized spacial score (nSPS) is 19.7. The van der Waals surface area contributed by atoms with Crippen molar-refractivity contribution in [2.24, 2.45) is 4.99 Å². The van der Waals surface area contributed by atoms with E-state index in [0.717, 1.165) is 69.4 Å². The number of carbonyl (C=O) groups is 1. The topological polar surface area (TPSA) is 68.5 Å². The third kappa shape index (κ3) is 4.37. The van der Waals surface area contributed by atoms with Gasteiger partial charge in [-0.25, -0.2) is 4.98 Å². The van der Waals surface area contributed by atoms with Gasteiger partial charge in [-0.3, -0.25) is 14.7 Å². The van der Waals surface area contributed by atoms with Crippen LogP contribution >= 0.6 is 0 Å². The first-order chi connectivity index (χ1) is 14.2. The summed E-state index contributed by atoms with van der Waals surface area (Å²) >= 11 is 0. The van der Waals surface area contributed by atoms with Crippen molar-refractivity contribution < 1.29 is 4.79 Å². The van der Waals surface area contributed by atoms with Crippen molar-refractivity contribution in [3.8, 4) is 0 Å². The summed E-state index contributed by atoms with van der Waals surface area (Å²) in [5, 5.41) is 3.43. The number of nitrogens with one attached hydrogen (secondary N) is 1. The molecule has 2 aromatic rings. The molecular formula is C21H31N7O. The fourth-order valence-corrected chi connectivity index (χ4v) is 4.25. The van der Waals surface area contributed by atoms with Crippen molar-refractivity contribution in [3.63, 3.8) is 0 Å². The van der Waals surface area contributed by atoms with Crippen LogP contribution in [0.25, 0.3) is 5.65 Å². The largest absolute Gasteiger partial charge is 0.351 e. The minimum atomic E-state index is -0.0387. The lowest BCUT2D eigenvalue weighted by Gasteiger charge is -2.39. The molecule has 156 valence electrons. The summed E-state index contributed by atoms with van der Waals surface area (Å²) in [5.74, 6) is 1.17. The molecule has 2 aliphatic heterocycles. The zero-order valence-electron chi connectivity index (χ0n) is 17.4. The van der Waals surface area contributed by atoms with Crippen LogP contribution in [-0.2, 0) is 11.3 Å². The van der Waals surface area contributed by atoms with E-state index < -0.39 is 0 Å². The molecule has 8 heteroatoms. The average Bonchev–Trinajstić information content (AvgIpc) is 3.43. The van der Waals surface area contributed by atoms with Gasteiger partial charge in [-0.1, -0.05) is 6.07 Å². The Kier molecular flexibility index (Phi) is 5.99. The second-order valence-corrected chi connectivity index (χ2v) is 7.83. The quantitative estimate of drug-likeness (QED) is 0.617. The Morgan fingerprint density at radius 3 is 2.59 bits per heavy atom. The van der Waals surface area contributed by atoms with E-state index in [9.17, 15) is 4.79 Å². The molecule has 0 bridgehead atoms. The van der Waals surface area contributed by atoms with E-state index in [4.69, 9.17) is 0 Å². The van der Waals surface area contributed by atoms with Gasteiger partial charge in [-0.2, -0.15) is 0 Å². The highest BCUT2D eigenvalue weighted by molar-refractivity contribution is 5.82. The minimum Gasteiger partial charge on any atom is -0.351 e. The molecule has 1 N–H and O–H groups in total. The van der Waals surface area contributed by atoms with Gasteiger partial charge < -0.3 is 19.5 Å². The number of guanidine groups is 1. The molecular weight excluding hydrogens is 366 g/mol. The number of carbonyl (C=O) groups excluding carboxylic acids is 1. The molecule has 2 aromatic heterocycles. The van der Waals surface area contributed by atoms with E-state index in [-0.39, 0.29) is 11.9 Å². The van der Waals surface area contributed by atoms with Gasteiger partial charge >= 0.3 is 0 Å². The van der Waals surface area contributed by atoms with Crippen LogP contribution in [-0.4, -0.2) is 88.3 Å². The predicted octanol–water partition coefficient (Wildman–Crippen LogP) is 1.04. The van der Waals surface area contributed by atoms with Crippen molar-refractivity contribution in [3.05, 3.63) is 36.3 Å². The number of pyridine rings is 1. The van der Waals surface area contributed by atoms with Gasteiger partial charge in [0.05, 0.1) is 18.3 Å². The molecule has 0 aliphatic carbocycles. The summed E-state index contributed by atoms with van der Waals surface area (Å²) in [4.78, 5) is 28.3. The van der Waals surface area contributed by atoms with E-state index in [0.29, 0.717) is 6.54 Å². The summed E-state index contributed by atoms with van der Waals surface area (Å²) < 4.78 is 2.03. The second-order valence-electron chi connectivity index (χ2n) is 7.83. The first-order valence-corrected chi connectivity index (χ1v) is 10.6. The molecule has 2 saturated heterocycles. The number of nitrogens with zero attached hydrogens (tertiary/aromatic N) is 6. The Labute approximate surface area is 172 Å². The van der Waals surface area contributed by atoms with Gasteiger partial charge in [0, 0.05) is 58.7 Å². The number of hydrogen-bond donors (Lipinski definition) is 1. The van der Waals surface area contributed by atoms with Crippen LogP contribution in [0.2, 0.25) is 0 Å². The van der Waals surface area contributed by atoms with Gasteiger partial charge in [0.15, 0.2) is 5.96 Å². The number of aliphatic imine (C=N–C) groups is 1. The number of imidazole rings is 1. The summed E-state index contributed by atoms with van der Waals surface area (Å²) in [6, 6.07) is 5.96. The molecule has 1 amide bonds. The van der Waals surface area contributed by atoms with Gasteiger partial charge in [-0.05, 0) is 31.9 Å². The molecule has 2 fully saturated rings. The minimum absolute atomic E-state index is 0.0387. The van der Waals surface area contributed by atoms with E-state index in [1.807, 2.05) is 53.9 Å². The van der Waals surface area contributed by atoms with Gasteiger partial charge in [-0.15, -0.1) is 0 Å². The Hall–Kier alpha value is -2.61. The molecule has 2 aliphatic rings. The highest BCUT2D eigenvalue weighted by Gasteiger charge is 2.30. The maximum absolute atomic E-state index is 12.7. The highest BCUT2D eigenvalue weighted by atomic mass is 16.2. The molecule has 0 saturated carbocycles. The van der Waals surface area contributed by atoms with Crippen LogP contribution in [0.5, 0.6) is 0 Å². The molecule has 0 spiro atoms. The molecule has 29 heavy (non-hydrogen) atoms. The highest BCUT2D eigenvalue weighted by Crippen LogP contribution is 2.14. The number of hydrogen-bond acceptors (Lipinski definition) is 4. The zero-order valence-corrected chi connectivity index (χ0v) is 17.4. The summed E-state index contributed by atoms with van der Waals surface area (Å²) in [5.41, 5.74) is 1.94. The van der Waals surface area contributed by atoms with Crippen LogP contribution in [0.3, 0.4) is 0 Å². The third-order valence-corrected chi connectivity index (χ3v) is 5.99. The van der Waals surface area contributed by atoms with E-state index in [2.05, 4.69) is 25.1 Å². The summed E-state index contributed by atoms with van der Waals surface area (Å²) in [6.45, 7) is 7.99.